The first kappa shape index (κ1) is 38.9. The summed E-state index contributed by atoms with van der Waals surface area (Å²) in [6.07, 6.45) is 9.12. The SMILES string of the molecule is CCCCCCCCc1ccc(OCCOCCOCCOCCOCCO[Si](c2ccccc2)(c2ccccc2)C(C)(C)C)cc1. The van der Waals surface area contributed by atoms with Gasteiger partial charge >= 0.3 is 0 Å². The average molecular weight is 665 g/mol. The Balaban J connectivity index is 1.17. The normalized spacial score (nSPS) is 12.0. The molecule has 0 bridgehead atoms. The summed E-state index contributed by atoms with van der Waals surface area (Å²) >= 11 is 0. The predicted molar refractivity (Wildman–Crippen MR) is 196 cm³/mol. The third-order valence-electron chi connectivity index (χ3n) is 8.32. The van der Waals surface area contributed by atoms with E-state index < -0.39 is 8.32 Å². The highest BCUT2D eigenvalue weighted by molar-refractivity contribution is 6.99. The fraction of sp³-hybridized carbons (Fsp3) is 0.550. The lowest BCUT2D eigenvalue weighted by molar-refractivity contribution is -0.00726. The third-order valence-corrected chi connectivity index (χ3v) is 13.4. The zero-order valence-corrected chi connectivity index (χ0v) is 30.6. The van der Waals surface area contributed by atoms with E-state index in [0.29, 0.717) is 66.1 Å². The van der Waals surface area contributed by atoms with Crippen molar-refractivity contribution < 1.29 is 28.1 Å². The average Bonchev–Trinajstić information content (AvgIpc) is 3.08. The molecule has 0 saturated carbocycles. The number of benzene rings is 3. The molecule has 260 valence electrons. The van der Waals surface area contributed by atoms with E-state index in [2.05, 4.69) is 113 Å². The predicted octanol–water partition coefficient (Wildman–Crippen LogP) is 7.61. The molecule has 0 aliphatic heterocycles. The molecule has 0 heterocycles. The van der Waals surface area contributed by atoms with Crippen LogP contribution in [-0.4, -0.2) is 74.4 Å². The first-order chi connectivity index (χ1) is 23.0. The Kier molecular flexibility index (Phi) is 19.0. The molecule has 0 fully saturated rings. The Morgan fingerprint density at radius 1 is 0.489 bits per heavy atom. The van der Waals surface area contributed by atoms with E-state index >= 15 is 0 Å². The van der Waals surface area contributed by atoms with Crippen molar-refractivity contribution in [1.29, 1.82) is 0 Å². The van der Waals surface area contributed by atoms with Crippen molar-refractivity contribution in [3.63, 3.8) is 0 Å². The molecular weight excluding hydrogens is 605 g/mol. The molecule has 0 unspecified atom stereocenters. The number of rotatable bonds is 26. The van der Waals surface area contributed by atoms with Crippen molar-refractivity contribution in [2.45, 2.75) is 77.7 Å². The van der Waals surface area contributed by atoms with Crippen LogP contribution >= 0.6 is 0 Å². The summed E-state index contributed by atoms with van der Waals surface area (Å²) < 4.78 is 35.5. The molecule has 3 rings (SSSR count). The summed E-state index contributed by atoms with van der Waals surface area (Å²) in [5, 5.41) is 2.51. The Labute approximate surface area is 286 Å². The summed E-state index contributed by atoms with van der Waals surface area (Å²) in [4.78, 5) is 0. The van der Waals surface area contributed by atoms with E-state index in [9.17, 15) is 0 Å². The summed E-state index contributed by atoms with van der Waals surface area (Å²) in [5.74, 6) is 0.893. The molecular formula is C40H60O6Si. The maximum absolute atomic E-state index is 6.86. The molecule has 3 aromatic carbocycles. The van der Waals surface area contributed by atoms with Crippen LogP contribution in [0, 0.1) is 0 Å². The van der Waals surface area contributed by atoms with Crippen LogP contribution < -0.4 is 15.1 Å². The molecule has 47 heavy (non-hydrogen) atoms. The number of ether oxygens (including phenoxy) is 5. The van der Waals surface area contributed by atoms with Gasteiger partial charge in [-0.05, 0) is 45.9 Å². The maximum atomic E-state index is 6.86. The van der Waals surface area contributed by atoms with Crippen molar-refractivity contribution in [3.8, 4) is 5.75 Å². The van der Waals surface area contributed by atoms with E-state index in [4.69, 9.17) is 28.1 Å². The van der Waals surface area contributed by atoms with Gasteiger partial charge in [-0.15, -0.1) is 0 Å². The summed E-state index contributed by atoms with van der Waals surface area (Å²) in [5.41, 5.74) is 1.38. The van der Waals surface area contributed by atoms with Crippen molar-refractivity contribution >= 4 is 18.7 Å². The topological polar surface area (TPSA) is 55.4 Å². The maximum Gasteiger partial charge on any atom is 0.261 e. The number of aryl methyl sites for hydroxylation is 1. The van der Waals surface area contributed by atoms with Crippen molar-refractivity contribution in [1.82, 2.24) is 0 Å². The molecule has 0 N–H and O–H groups in total. The highest BCUT2D eigenvalue weighted by atomic mass is 28.4. The largest absolute Gasteiger partial charge is 0.491 e. The van der Waals surface area contributed by atoms with Gasteiger partial charge in [-0.2, -0.15) is 0 Å². The van der Waals surface area contributed by atoms with Crippen LogP contribution in [-0.2, 0) is 29.8 Å². The number of unbranched alkanes of at least 4 members (excludes halogenated alkanes) is 5. The highest BCUT2D eigenvalue weighted by Crippen LogP contribution is 2.36. The van der Waals surface area contributed by atoms with Crippen LogP contribution in [0.5, 0.6) is 5.75 Å². The first-order valence-corrected chi connectivity index (χ1v) is 19.7. The van der Waals surface area contributed by atoms with Gasteiger partial charge in [-0.3, -0.25) is 0 Å². The van der Waals surface area contributed by atoms with Crippen LogP contribution in [0.1, 0.15) is 71.8 Å². The Morgan fingerprint density at radius 3 is 1.43 bits per heavy atom. The van der Waals surface area contributed by atoms with Crippen LogP contribution in [0.2, 0.25) is 5.04 Å². The molecule has 3 aromatic rings. The fourth-order valence-electron chi connectivity index (χ4n) is 5.86. The van der Waals surface area contributed by atoms with Crippen LogP contribution in [0.15, 0.2) is 84.9 Å². The van der Waals surface area contributed by atoms with E-state index in [0.717, 1.165) is 12.2 Å². The lowest BCUT2D eigenvalue weighted by Gasteiger charge is -2.43. The lowest BCUT2D eigenvalue weighted by Crippen LogP contribution is -2.66. The third kappa shape index (κ3) is 14.2. The van der Waals surface area contributed by atoms with E-state index in [1.54, 1.807) is 0 Å². The summed E-state index contributed by atoms with van der Waals surface area (Å²) in [6, 6.07) is 29.8. The fourth-order valence-corrected chi connectivity index (χ4v) is 10.4. The van der Waals surface area contributed by atoms with E-state index in [-0.39, 0.29) is 5.04 Å². The second-order valence-electron chi connectivity index (χ2n) is 13.0. The Hall–Kier alpha value is -2.52. The minimum Gasteiger partial charge on any atom is -0.491 e. The second-order valence-corrected chi connectivity index (χ2v) is 17.3. The van der Waals surface area contributed by atoms with E-state index in [1.807, 2.05) is 0 Å². The van der Waals surface area contributed by atoms with Crippen molar-refractivity contribution in [3.05, 3.63) is 90.5 Å². The quantitative estimate of drug-likeness (QED) is 0.0651. The highest BCUT2D eigenvalue weighted by Gasteiger charge is 2.50. The van der Waals surface area contributed by atoms with Gasteiger partial charge in [0.25, 0.3) is 8.32 Å². The molecule has 0 spiro atoms. The monoisotopic (exact) mass is 664 g/mol. The molecule has 0 aromatic heterocycles. The number of hydrogen-bond acceptors (Lipinski definition) is 6. The Morgan fingerprint density at radius 2 is 0.936 bits per heavy atom. The molecule has 0 amide bonds. The lowest BCUT2D eigenvalue weighted by atomic mass is 10.0. The minimum atomic E-state index is -2.52. The van der Waals surface area contributed by atoms with Crippen LogP contribution in [0.3, 0.4) is 0 Å². The van der Waals surface area contributed by atoms with Gasteiger partial charge in [0.05, 0.1) is 59.5 Å². The van der Waals surface area contributed by atoms with E-state index in [1.165, 1.54) is 54.5 Å². The van der Waals surface area contributed by atoms with Gasteiger partial charge in [0.15, 0.2) is 0 Å². The summed E-state index contributed by atoms with van der Waals surface area (Å²) in [7, 11) is -2.52. The van der Waals surface area contributed by atoms with Crippen LogP contribution in [0.4, 0.5) is 0 Å². The van der Waals surface area contributed by atoms with Gasteiger partial charge in [0, 0.05) is 0 Å². The molecule has 0 saturated heterocycles. The van der Waals surface area contributed by atoms with Gasteiger partial charge in [0.2, 0.25) is 0 Å². The molecule has 0 atom stereocenters. The smallest absolute Gasteiger partial charge is 0.261 e. The molecule has 6 nitrogen and oxygen atoms in total. The van der Waals surface area contributed by atoms with Gasteiger partial charge in [-0.1, -0.05) is 133 Å². The zero-order chi connectivity index (χ0) is 33.5. The van der Waals surface area contributed by atoms with Gasteiger partial charge < -0.3 is 28.1 Å². The molecule has 7 heteroatoms. The number of hydrogen-bond donors (Lipinski definition) is 0. The van der Waals surface area contributed by atoms with Gasteiger partial charge in [-0.25, -0.2) is 0 Å². The Bertz CT molecular complexity index is 1130. The zero-order valence-electron chi connectivity index (χ0n) is 29.6. The first-order valence-electron chi connectivity index (χ1n) is 17.7. The second kappa shape index (κ2) is 22.9. The van der Waals surface area contributed by atoms with Crippen molar-refractivity contribution in [2.24, 2.45) is 0 Å². The molecule has 0 aliphatic carbocycles. The van der Waals surface area contributed by atoms with Crippen LogP contribution in [0.25, 0.3) is 0 Å². The van der Waals surface area contributed by atoms with Crippen molar-refractivity contribution in [2.75, 3.05) is 66.1 Å². The standard InChI is InChI=1S/C40H60O6Si/c1-5-6-7-8-9-12-17-36-22-24-37(25-23-36)45-34-32-43-30-28-41-26-27-42-29-31-44-33-35-46-47(40(2,3)4,38-18-13-10-14-19-38)39-20-15-11-16-21-39/h10-11,13-16,18-25H,5-9,12,17,26-35H2,1-4H3. The van der Waals surface area contributed by atoms with Gasteiger partial charge in [0.1, 0.15) is 12.4 Å². The molecule has 0 aliphatic rings. The molecule has 0 radical (unpaired) electrons. The minimum absolute atomic E-state index is 0.0446. The summed E-state index contributed by atoms with van der Waals surface area (Å²) in [6.45, 7) is 14.4.